The number of carbonyl (C=O) groups is 2. The largest absolute Gasteiger partial charge is 0.473 e. The van der Waals surface area contributed by atoms with Gasteiger partial charge in [0.15, 0.2) is 0 Å². The van der Waals surface area contributed by atoms with Crippen molar-refractivity contribution in [2.75, 3.05) is 0 Å². The summed E-state index contributed by atoms with van der Waals surface area (Å²) in [6.45, 7) is 0. The Labute approximate surface area is 84.3 Å². The van der Waals surface area contributed by atoms with Crippen molar-refractivity contribution >= 4 is 35.0 Å². The first kappa shape index (κ1) is 31.9. The van der Waals surface area contributed by atoms with E-state index < -0.39 is 11.9 Å². The first-order valence-corrected chi connectivity index (χ1v) is 1.11. The number of carboxylic acid groups (broad SMARTS) is 2. The molecule has 0 atom stereocenters. The van der Waals surface area contributed by atoms with Gasteiger partial charge in [-0.05, 0) is 0 Å². The van der Waals surface area contributed by atoms with Crippen LogP contribution in [0.4, 0.5) is 0 Å². The molecule has 0 heterocycles. The van der Waals surface area contributed by atoms with Gasteiger partial charge >= 0.3 is 35.0 Å². The Morgan fingerprint density at radius 3 is 1.00 bits per heavy atom. The Morgan fingerprint density at radius 1 is 0.900 bits per heavy atom. The van der Waals surface area contributed by atoms with E-state index in [0.29, 0.717) is 0 Å². The van der Waals surface area contributed by atoms with Gasteiger partial charge in [0.25, 0.3) is 0 Å². The normalized spacial score (nSPS) is 4.40. The minimum Gasteiger partial charge on any atom is -0.473 e. The van der Waals surface area contributed by atoms with Crippen molar-refractivity contribution in [2.45, 2.75) is 0 Å². The predicted molar refractivity (Wildman–Crippen MR) is 31.0 cm³/mol. The summed E-state index contributed by atoms with van der Waals surface area (Å²) in [4.78, 5) is 18.2. The monoisotopic (exact) mass is 203 g/mol. The Hall–Kier alpha value is 0.211. The number of hydrogen-bond acceptors (Lipinski definition) is 2. The van der Waals surface area contributed by atoms with Gasteiger partial charge in [-0.25, -0.2) is 9.59 Å². The van der Waals surface area contributed by atoms with Gasteiger partial charge in [0, 0.05) is 18.6 Å². The molecule has 0 unspecified atom stereocenters. The molecule has 59 valence electrons. The van der Waals surface area contributed by atoms with Crippen molar-refractivity contribution in [3.8, 4) is 0 Å². The summed E-state index contributed by atoms with van der Waals surface area (Å²) in [6.07, 6.45) is 0. The predicted octanol–water partition coefficient (Wildman–Crippen LogP) is -3.41. The van der Waals surface area contributed by atoms with E-state index in [9.17, 15) is 0 Å². The van der Waals surface area contributed by atoms with Gasteiger partial charge < -0.3 is 21.2 Å². The average molecular weight is 203 g/mol. The van der Waals surface area contributed by atoms with Crippen LogP contribution in [0.2, 0.25) is 0 Å². The van der Waals surface area contributed by atoms with E-state index in [1.54, 1.807) is 0 Å². The second-order valence-electron chi connectivity index (χ2n) is 0.610. The molecule has 0 aromatic heterocycles. The Balaban J connectivity index is -0.0000000208. The maximum atomic E-state index is 9.10. The van der Waals surface area contributed by atoms with Crippen LogP contribution in [0.5, 0.6) is 0 Å². The van der Waals surface area contributed by atoms with Crippen LogP contribution < -0.4 is 0 Å². The van der Waals surface area contributed by atoms with Crippen LogP contribution in [0, 0.1) is 0 Å². The zero-order valence-electron chi connectivity index (χ0n) is 4.16. The molecule has 0 aliphatic heterocycles. The molecule has 8 heteroatoms. The van der Waals surface area contributed by atoms with Gasteiger partial charge in [-0.2, -0.15) is 0 Å². The summed E-state index contributed by atoms with van der Waals surface area (Å²) in [6, 6.07) is 0. The van der Waals surface area contributed by atoms with Crippen molar-refractivity contribution in [2.24, 2.45) is 0 Å². The summed E-state index contributed by atoms with van der Waals surface area (Å²) < 4.78 is 0. The smallest absolute Gasteiger partial charge is 0.414 e. The molecule has 0 aliphatic rings. The van der Waals surface area contributed by atoms with Gasteiger partial charge in [-0.1, -0.05) is 0 Å². The fraction of sp³-hybridized carbons (Fsp3) is 0. The number of carboxylic acids is 2. The van der Waals surface area contributed by atoms with Crippen molar-refractivity contribution in [3.05, 3.63) is 0 Å². The molecule has 0 aromatic rings. The Bertz CT molecular complexity index is 81.7. The molecule has 0 spiro atoms. The topological polar surface area (TPSA) is 138 Å². The van der Waals surface area contributed by atoms with E-state index in [1.807, 2.05) is 0 Å². The summed E-state index contributed by atoms with van der Waals surface area (Å²) >= 11 is 0. The van der Waals surface area contributed by atoms with Crippen LogP contribution >= 0.6 is 0 Å². The molecule has 6 nitrogen and oxygen atoms in total. The van der Waals surface area contributed by atoms with Crippen LogP contribution in [0.15, 0.2) is 0 Å². The zero-order chi connectivity index (χ0) is 5.15. The second-order valence-corrected chi connectivity index (χ2v) is 0.610. The third-order valence-electron chi connectivity index (χ3n) is 0.183. The number of aliphatic carboxylic acids is 2. The molecule has 0 bridgehead atoms. The van der Waals surface area contributed by atoms with E-state index in [-0.39, 0.29) is 52.6 Å². The second kappa shape index (κ2) is 16.1. The SMILES string of the molecule is O.O.O=C(O)C(=O)O.[MgH2].[V]. The van der Waals surface area contributed by atoms with E-state index in [4.69, 9.17) is 19.8 Å². The molecule has 0 fully saturated rings. The molecule has 0 saturated carbocycles. The Morgan fingerprint density at radius 2 is 1.00 bits per heavy atom. The van der Waals surface area contributed by atoms with E-state index in [1.165, 1.54) is 0 Å². The van der Waals surface area contributed by atoms with E-state index in [0.717, 1.165) is 0 Å². The molecule has 10 heavy (non-hydrogen) atoms. The molecule has 0 aliphatic carbocycles. The average Bonchev–Trinajstić information content (AvgIpc) is 1.36. The molecule has 0 aromatic carbocycles. The third-order valence-corrected chi connectivity index (χ3v) is 0.183. The first-order chi connectivity index (χ1) is 2.64. The fourth-order valence-corrected chi connectivity index (χ4v) is 0. The summed E-state index contributed by atoms with van der Waals surface area (Å²) in [5.74, 6) is -3.65. The van der Waals surface area contributed by atoms with Gasteiger partial charge in [0.1, 0.15) is 0 Å². The first-order valence-electron chi connectivity index (χ1n) is 1.11. The van der Waals surface area contributed by atoms with Crippen molar-refractivity contribution < 1.29 is 49.3 Å². The van der Waals surface area contributed by atoms with Gasteiger partial charge in [0.05, 0.1) is 0 Å². The van der Waals surface area contributed by atoms with Crippen molar-refractivity contribution in [3.63, 3.8) is 0 Å². The van der Waals surface area contributed by atoms with Crippen LogP contribution in [0.25, 0.3) is 0 Å². The molecule has 6 N–H and O–H groups in total. The molecular weight excluding hydrogens is 195 g/mol. The molecular formula is C2H8MgO6V. The van der Waals surface area contributed by atoms with Crippen LogP contribution in [0.3, 0.4) is 0 Å². The van der Waals surface area contributed by atoms with Gasteiger partial charge in [-0.3, -0.25) is 0 Å². The van der Waals surface area contributed by atoms with Crippen LogP contribution in [-0.2, 0) is 28.1 Å². The van der Waals surface area contributed by atoms with Crippen molar-refractivity contribution in [1.29, 1.82) is 0 Å². The quantitative estimate of drug-likeness (QED) is 0.313. The van der Waals surface area contributed by atoms with E-state index >= 15 is 0 Å². The summed E-state index contributed by atoms with van der Waals surface area (Å²) in [5.41, 5.74) is 0. The summed E-state index contributed by atoms with van der Waals surface area (Å²) in [7, 11) is 0. The summed E-state index contributed by atoms with van der Waals surface area (Å²) in [5, 5.41) is 14.8. The molecule has 0 amide bonds. The van der Waals surface area contributed by atoms with E-state index in [2.05, 4.69) is 0 Å². The zero-order valence-corrected chi connectivity index (χ0v) is 5.55. The van der Waals surface area contributed by atoms with Crippen LogP contribution in [-0.4, -0.2) is 56.2 Å². The molecule has 0 rings (SSSR count). The fourth-order valence-electron chi connectivity index (χ4n) is 0. The maximum Gasteiger partial charge on any atom is 0.414 e. The maximum absolute atomic E-state index is 9.10. The minimum atomic E-state index is -1.82. The third kappa shape index (κ3) is 24.1. The van der Waals surface area contributed by atoms with Gasteiger partial charge in [0.2, 0.25) is 0 Å². The van der Waals surface area contributed by atoms with Crippen LogP contribution in [0.1, 0.15) is 0 Å². The number of hydrogen-bond donors (Lipinski definition) is 2. The number of rotatable bonds is 0. The Kier molecular flexibility index (Phi) is 51.4. The standard InChI is InChI=1S/C2H2O4.Mg.2H2O.V.2H/c3-1(4)2(5)6;;;;;;/h(H,3,4)(H,5,6);;2*1H2;;;. The van der Waals surface area contributed by atoms with Crippen molar-refractivity contribution in [1.82, 2.24) is 0 Å². The minimum absolute atomic E-state index is 0. The molecule has 0 saturated heterocycles. The molecule has 1 radical (unpaired) electrons. The van der Waals surface area contributed by atoms with Gasteiger partial charge in [-0.15, -0.1) is 0 Å².